The van der Waals surface area contributed by atoms with Gasteiger partial charge in [0.15, 0.2) is 0 Å². The van der Waals surface area contributed by atoms with Crippen molar-refractivity contribution in [3.8, 4) is 0 Å². The van der Waals surface area contributed by atoms with E-state index in [0.717, 1.165) is 10.0 Å². The van der Waals surface area contributed by atoms with Crippen LogP contribution in [-0.4, -0.2) is 18.2 Å². The molecule has 0 aliphatic carbocycles. The van der Waals surface area contributed by atoms with Crippen molar-refractivity contribution in [1.82, 2.24) is 4.98 Å². The number of nitrogens with two attached hydrogens (primary N) is 1. The number of hydrogen-bond acceptors (Lipinski definition) is 3. The van der Waals surface area contributed by atoms with Gasteiger partial charge in [0.2, 0.25) is 0 Å². The first-order valence-electron chi connectivity index (χ1n) is 3.07. The molecule has 0 radical (unpaired) electrons. The predicted octanol–water partition coefficient (Wildman–Crippen LogP) is 1.48. The van der Waals surface area contributed by atoms with Gasteiger partial charge in [-0.1, -0.05) is 0 Å². The number of aliphatic imine (C=N–C) groups is 1. The number of nitrogen functional groups attached to an aromatic ring is 1. The first-order chi connectivity index (χ1) is 5.24. The van der Waals surface area contributed by atoms with Gasteiger partial charge >= 0.3 is 0 Å². The molecule has 1 heterocycles. The summed E-state index contributed by atoms with van der Waals surface area (Å²) in [6.07, 6.45) is 3.38. The van der Waals surface area contributed by atoms with E-state index in [1.807, 2.05) is 0 Å². The van der Waals surface area contributed by atoms with Crippen molar-refractivity contribution in [3.63, 3.8) is 0 Å². The average Bonchev–Trinajstić information content (AvgIpc) is 1.98. The monoisotopic (exact) mass is 213 g/mol. The zero-order valence-corrected chi connectivity index (χ0v) is 7.67. The molecule has 0 bridgehead atoms. The van der Waals surface area contributed by atoms with Crippen LogP contribution in [-0.2, 0) is 0 Å². The third-order valence-electron chi connectivity index (χ3n) is 1.17. The van der Waals surface area contributed by atoms with Gasteiger partial charge in [0.05, 0.1) is 0 Å². The lowest BCUT2D eigenvalue weighted by atomic mass is 10.3. The number of anilines is 1. The lowest BCUT2D eigenvalue weighted by molar-refractivity contribution is 1.31. The Balaban J connectivity index is 3.12. The second-order valence-corrected chi connectivity index (χ2v) is 2.87. The first kappa shape index (κ1) is 8.20. The molecular weight excluding hydrogens is 206 g/mol. The second kappa shape index (κ2) is 3.48. The molecule has 0 aliphatic rings. The summed E-state index contributed by atoms with van der Waals surface area (Å²) < 4.78 is 0.900. The van der Waals surface area contributed by atoms with E-state index in [2.05, 4.69) is 25.9 Å². The van der Waals surface area contributed by atoms with Gasteiger partial charge in [0.25, 0.3) is 0 Å². The Morgan fingerprint density at radius 3 is 3.09 bits per heavy atom. The molecule has 58 valence electrons. The number of hydrogen-bond donors (Lipinski definition) is 1. The molecule has 1 aromatic rings. The number of halogens is 1. The maximum atomic E-state index is 5.46. The fourth-order valence-corrected chi connectivity index (χ4v) is 1.03. The van der Waals surface area contributed by atoms with Crippen LogP contribution in [0.5, 0.6) is 0 Å². The lowest BCUT2D eigenvalue weighted by Crippen LogP contribution is -1.92. The molecule has 0 aromatic carbocycles. The van der Waals surface area contributed by atoms with Crippen molar-refractivity contribution in [1.29, 1.82) is 0 Å². The summed E-state index contributed by atoms with van der Waals surface area (Å²) >= 11 is 3.32. The molecular formula is C7H8BrN3. The Kier molecular flexibility index (Phi) is 2.59. The zero-order chi connectivity index (χ0) is 8.27. The highest BCUT2D eigenvalue weighted by Gasteiger charge is 1.96. The average molecular weight is 214 g/mol. The first-order valence-corrected chi connectivity index (χ1v) is 3.86. The van der Waals surface area contributed by atoms with Gasteiger partial charge in [-0.25, -0.2) is 4.98 Å². The molecule has 1 rings (SSSR count). The number of nitrogens with zero attached hydrogens (tertiary/aromatic N) is 2. The summed E-state index contributed by atoms with van der Waals surface area (Å²) in [6, 6.07) is 1.76. The number of rotatable bonds is 1. The zero-order valence-electron chi connectivity index (χ0n) is 6.08. The molecule has 0 unspecified atom stereocenters. The molecule has 0 saturated heterocycles. The Hall–Kier alpha value is -0.900. The maximum Gasteiger partial charge on any atom is 0.124 e. The van der Waals surface area contributed by atoms with Crippen molar-refractivity contribution >= 4 is 28.0 Å². The van der Waals surface area contributed by atoms with Gasteiger partial charge in [-0.15, -0.1) is 0 Å². The van der Waals surface area contributed by atoms with E-state index in [-0.39, 0.29) is 0 Å². The van der Waals surface area contributed by atoms with Gasteiger partial charge in [-0.3, -0.25) is 4.99 Å². The normalized spacial score (nSPS) is 10.7. The topological polar surface area (TPSA) is 51.3 Å². The van der Waals surface area contributed by atoms with Crippen LogP contribution in [0.25, 0.3) is 0 Å². The molecule has 4 heteroatoms. The Labute approximate surface area is 73.5 Å². The fourth-order valence-electron chi connectivity index (χ4n) is 0.709. The van der Waals surface area contributed by atoms with Crippen LogP contribution in [0.2, 0.25) is 0 Å². The van der Waals surface area contributed by atoms with E-state index in [0.29, 0.717) is 5.82 Å². The minimum Gasteiger partial charge on any atom is -0.384 e. The summed E-state index contributed by atoms with van der Waals surface area (Å²) in [5.74, 6) is 0.503. The largest absolute Gasteiger partial charge is 0.384 e. The molecule has 0 saturated carbocycles. The lowest BCUT2D eigenvalue weighted by Gasteiger charge is -1.97. The molecule has 0 atom stereocenters. The fraction of sp³-hybridized carbons (Fsp3) is 0.143. The molecule has 11 heavy (non-hydrogen) atoms. The van der Waals surface area contributed by atoms with Crippen LogP contribution >= 0.6 is 15.9 Å². The van der Waals surface area contributed by atoms with E-state index in [1.54, 1.807) is 25.5 Å². The highest BCUT2D eigenvalue weighted by molar-refractivity contribution is 9.10. The standard InChI is InChI=1S/C7H8BrN3/c1-10-3-5-2-7(9)11-4-6(5)8/h2-4H,1H3,(H2,9,11)/b10-3+. The molecule has 0 fully saturated rings. The SMILES string of the molecule is C/N=C/c1cc(N)ncc1Br. The minimum atomic E-state index is 0.503. The van der Waals surface area contributed by atoms with Crippen LogP contribution < -0.4 is 5.73 Å². The molecule has 0 aliphatic heterocycles. The highest BCUT2D eigenvalue weighted by Crippen LogP contribution is 2.14. The van der Waals surface area contributed by atoms with Gasteiger partial charge in [-0.05, 0) is 22.0 Å². The van der Waals surface area contributed by atoms with Gasteiger partial charge in [0.1, 0.15) is 5.82 Å². The Bertz CT molecular complexity index is 283. The Morgan fingerprint density at radius 1 is 1.73 bits per heavy atom. The minimum absolute atomic E-state index is 0.503. The number of aromatic nitrogens is 1. The third kappa shape index (κ3) is 2.01. The summed E-state index contributed by atoms with van der Waals surface area (Å²) in [6.45, 7) is 0. The van der Waals surface area contributed by atoms with Crippen LogP contribution in [0.3, 0.4) is 0 Å². The summed E-state index contributed by atoms with van der Waals surface area (Å²) in [4.78, 5) is 7.76. The van der Waals surface area contributed by atoms with Crippen molar-refractivity contribution in [2.75, 3.05) is 12.8 Å². The highest BCUT2D eigenvalue weighted by atomic mass is 79.9. The molecule has 1 aromatic heterocycles. The van der Waals surface area contributed by atoms with Crippen molar-refractivity contribution < 1.29 is 0 Å². The predicted molar refractivity (Wildman–Crippen MR) is 49.9 cm³/mol. The van der Waals surface area contributed by atoms with E-state index < -0.39 is 0 Å². The summed E-state index contributed by atoms with van der Waals surface area (Å²) in [5.41, 5.74) is 6.41. The van der Waals surface area contributed by atoms with E-state index in [1.165, 1.54) is 0 Å². The molecule has 0 amide bonds. The molecule has 2 N–H and O–H groups in total. The van der Waals surface area contributed by atoms with Crippen LogP contribution in [0, 0.1) is 0 Å². The van der Waals surface area contributed by atoms with Gasteiger partial charge < -0.3 is 5.73 Å². The quantitative estimate of drug-likeness (QED) is 0.719. The van der Waals surface area contributed by atoms with Crippen molar-refractivity contribution in [3.05, 3.63) is 22.3 Å². The van der Waals surface area contributed by atoms with Gasteiger partial charge in [0, 0.05) is 29.5 Å². The van der Waals surface area contributed by atoms with Crippen molar-refractivity contribution in [2.45, 2.75) is 0 Å². The van der Waals surface area contributed by atoms with E-state index in [4.69, 9.17) is 5.73 Å². The summed E-state index contributed by atoms with van der Waals surface area (Å²) in [7, 11) is 1.71. The van der Waals surface area contributed by atoms with Gasteiger partial charge in [-0.2, -0.15) is 0 Å². The smallest absolute Gasteiger partial charge is 0.124 e. The molecule has 0 spiro atoms. The van der Waals surface area contributed by atoms with Crippen LogP contribution in [0.4, 0.5) is 5.82 Å². The van der Waals surface area contributed by atoms with Crippen LogP contribution in [0.15, 0.2) is 21.7 Å². The summed E-state index contributed by atoms with van der Waals surface area (Å²) in [5, 5.41) is 0. The maximum absolute atomic E-state index is 5.46. The Morgan fingerprint density at radius 2 is 2.45 bits per heavy atom. The number of pyridine rings is 1. The third-order valence-corrected chi connectivity index (χ3v) is 1.84. The van der Waals surface area contributed by atoms with Crippen LogP contribution in [0.1, 0.15) is 5.56 Å². The van der Waals surface area contributed by atoms with E-state index in [9.17, 15) is 0 Å². The molecule has 3 nitrogen and oxygen atoms in total. The van der Waals surface area contributed by atoms with E-state index >= 15 is 0 Å². The second-order valence-electron chi connectivity index (χ2n) is 2.02. The van der Waals surface area contributed by atoms with Crippen molar-refractivity contribution in [2.24, 2.45) is 4.99 Å².